The first-order chi connectivity index (χ1) is 7.36. The van der Waals surface area contributed by atoms with E-state index in [0.29, 0.717) is 5.82 Å². The average molecular weight is 224 g/mol. The topological polar surface area (TPSA) is 64.2 Å². The number of hydrogen-bond acceptors (Lipinski definition) is 3. The second-order valence-electron chi connectivity index (χ2n) is 4.56. The Morgan fingerprint density at radius 3 is 2.69 bits per heavy atom. The van der Waals surface area contributed by atoms with E-state index in [-0.39, 0.29) is 18.0 Å². The van der Waals surface area contributed by atoms with Crippen molar-refractivity contribution in [2.45, 2.75) is 39.3 Å². The molecule has 1 aromatic rings. The number of hydrogen-bond donors (Lipinski definition) is 1. The lowest BCUT2D eigenvalue weighted by molar-refractivity contribution is -0.135. The minimum Gasteiger partial charge on any atom is -0.382 e. The molecule has 0 fully saturated rings. The summed E-state index contributed by atoms with van der Waals surface area (Å²) in [5, 5.41) is 3.99. The predicted octanol–water partition coefficient (Wildman–Crippen LogP) is 1.11. The Kier molecular flexibility index (Phi) is 3.57. The van der Waals surface area contributed by atoms with Crippen LogP contribution >= 0.6 is 0 Å². The van der Waals surface area contributed by atoms with Crippen molar-refractivity contribution in [3.05, 3.63) is 12.3 Å². The summed E-state index contributed by atoms with van der Waals surface area (Å²) in [6.07, 6.45) is 2.62. The Bertz CT molecular complexity index is 370. The number of nitrogen functional groups attached to an aromatic ring is 1. The van der Waals surface area contributed by atoms with E-state index in [4.69, 9.17) is 5.73 Å². The predicted molar refractivity (Wildman–Crippen MR) is 63.8 cm³/mol. The molecule has 0 radical (unpaired) electrons. The van der Waals surface area contributed by atoms with Crippen LogP contribution < -0.4 is 5.73 Å². The minimum absolute atomic E-state index is 0.0370. The van der Waals surface area contributed by atoms with E-state index in [1.165, 1.54) is 0 Å². The highest BCUT2D eigenvalue weighted by Crippen LogP contribution is 2.16. The number of carbonyl (C=O) groups excluding carboxylic acids is 1. The molecule has 0 aromatic carbocycles. The van der Waals surface area contributed by atoms with Crippen molar-refractivity contribution < 1.29 is 4.79 Å². The van der Waals surface area contributed by atoms with E-state index in [2.05, 4.69) is 12.0 Å². The number of amides is 1. The zero-order valence-electron chi connectivity index (χ0n) is 10.4. The van der Waals surface area contributed by atoms with Gasteiger partial charge in [0.1, 0.15) is 12.4 Å². The van der Waals surface area contributed by atoms with Crippen LogP contribution in [0.5, 0.6) is 0 Å². The molecule has 0 aliphatic heterocycles. The van der Waals surface area contributed by atoms with Gasteiger partial charge in [0.2, 0.25) is 5.91 Å². The minimum atomic E-state index is -0.129. The van der Waals surface area contributed by atoms with Gasteiger partial charge in [-0.3, -0.25) is 9.48 Å². The van der Waals surface area contributed by atoms with Crippen molar-refractivity contribution in [1.29, 1.82) is 0 Å². The molecule has 0 atom stereocenters. The van der Waals surface area contributed by atoms with Gasteiger partial charge in [-0.05, 0) is 26.3 Å². The van der Waals surface area contributed by atoms with Gasteiger partial charge in [0.25, 0.3) is 0 Å². The summed E-state index contributed by atoms with van der Waals surface area (Å²) in [7, 11) is 1.82. The molecule has 0 saturated heterocycles. The molecular formula is C11H20N4O. The molecular weight excluding hydrogens is 204 g/mol. The molecule has 0 unspecified atom stereocenters. The van der Waals surface area contributed by atoms with E-state index < -0.39 is 0 Å². The van der Waals surface area contributed by atoms with Crippen LogP contribution in [0.2, 0.25) is 0 Å². The van der Waals surface area contributed by atoms with E-state index in [9.17, 15) is 4.79 Å². The first-order valence-electron chi connectivity index (χ1n) is 5.42. The normalized spacial score (nSPS) is 11.5. The van der Waals surface area contributed by atoms with Gasteiger partial charge in [-0.25, -0.2) is 0 Å². The Hall–Kier alpha value is -1.52. The van der Waals surface area contributed by atoms with Crippen molar-refractivity contribution in [3.8, 4) is 0 Å². The molecule has 2 N–H and O–H groups in total. The van der Waals surface area contributed by atoms with Crippen LogP contribution in [0, 0.1) is 0 Å². The number of rotatable bonds is 4. The quantitative estimate of drug-likeness (QED) is 0.833. The molecule has 90 valence electrons. The third kappa shape index (κ3) is 2.74. The second-order valence-corrected chi connectivity index (χ2v) is 4.56. The highest BCUT2D eigenvalue weighted by Gasteiger charge is 2.25. The molecule has 0 bridgehead atoms. The molecule has 16 heavy (non-hydrogen) atoms. The summed E-state index contributed by atoms with van der Waals surface area (Å²) in [5.41, 5.74) is 5.36. The standard InChI is InChI=1S/C11H20N4O/c1-5-11(2,3)14(4)10(16)8-15-7-6-9(12)13-15/h6-7H,5,8H2,1-4H3,(H2,12,13). The molecule has 5 heteroatoms. The number of nitrogens with two attached hydrogens (primary N) is 1. The van der Waals surface area contributed by atoms with Crippen molar-refractivity contribution in [2.24, 2.45) is 0 Å². The molecule has 1 rings (SSSR count). The lowest BCUT2D eigenvalue weighted by Crippen LogP contribution is -2.45. The van der Waals surface area contributed by atoms with E-state index in [1.807, 2.05) is 20.9 Å². The Morgan fingerprint density at radius 1 is 1.62 bits per heavy atom. The number of nitrogens with zero attached hydrogens (tertiary/aromatic N) is 3. The maximum Gasteiger partial charge on any atom is 0.244 e. The Balaban J connectivity index is 2.66. The largest absolute Gasteiger partial charge is 0.382 e. The summed E-state index contributed by atoms with van der Waals surface area (Å²) >= 11 is 0. The first-order valence-corrected chi connectivity index (χ1v) is 5.42. The lowest BCUT2D eigenvalue weighted by atomic mass is 10.00. The van der Waals surface area contributed by atoms with Gasteiger partial charge in [-0.15, -0.1) is 0 Å². The van der Waals surface area contributed by atoms with E-state index >= 15 is 0 Å². The summed E-state index contributed by atoms with van der Waals surface area (Å²) in [6, 6.07) is 1.68. The zero-order valence-corrected chi connectivity index (χ0v) is 10.4. The van der Waals surface area contributed by atoms with Gasteiger partial charge >= 0.3 is 0 Å². The number of carbonyl (C=O) groups is 1. The third-order valence-electron chi connectivity index (χ3n) is 3.11. The number of aromatic nitrogens is 2. The SMILES string of the molecule is CCC(C)(C)N(C)C(=O)Cn1ccc(N)n1. The highest BCUT2D eigenvalue weighted by molar-refractivity contribution is 5.76. The summed E-state index contributed by atoms with van der Waals surface area (Å²) in [6.45, 7) is 6.39. The number of likely N-dealkylation sites (N-methyl/N-ethyl adjacent to an activating group) is 1. The second kappa shape index (κ2) is 4.55. The van der Waals surface area contributed by atoms with Gasteiger partial charge in [0, 0.05) is 18.8 Å². The van der Waals surface area contributed by atoms with E-state index in [1.54, 1.807) is 21.8 Å². The van der Waals surface area contributed by atoms with Gasteiger partial charge in [-0.1, -0.05) is 6.92 Å². The molecule has 0 saturated carbocycles. The lowest BCUT2D eigenvalue weighted by Gasteiger charge is -2.34. The molecule has 0 spiro atoms. The molecule has 1 heterocycles. The van der Waals surface area contributed by atoms with Crippen LogP contribution in [-0.2, 0) is 11.3 Å². The van der Waals surface area contributed by atoms with Crippen molar-refractivity contribution in [2.75, 3.05) is 12.8 Å². The molecule has 5 nitrogen and oxygen atoms in total. The Labute approximate surface area is 96.2 Å². The average Bonchev–Trinajstić information content (AvgIpc) is 2.62. The van der Waals surface area contributed by atoms with Gasteiger partial charge in [-0.2, -0.15) is 5.10 Å². The van der Waals surface area contributed by atoms with Crippen molar-refractivity contribution in [1.82, 2.24) is 14.7 Å². The van der Waals surface area contributed by atoms with Crippen molar-refractivity contribution >= 4 is 11.7 Å². The monoisotopic (exact) mass is 224 g/mol. The van der Waals surface area contributed by atoms with Crippen LogP contribution in [0.4, 0.5) is 5.82 Å². The molecule has 0 aliphatic rings. The van der Waals surface area contributed by atoms with Crippen LogP contribution in [0.25, 0.3) is 0 Å². The first kappa shape index (κ1) is 12.5. The van der Waals surface area contributed by atoms with Crippen LogP contribution in [0.1, 0.15) is 27.2 Å². The summed E-state index contributed by atoms with van der Waals surface area (Å²) < 4.78 is 1.56. The van der Waals surface area contributed by atoms with Crippen LogP contribution in [-0.4, -0.2) is 33.2 Å². The Morgan fingerprint density at radius 2 is 2.25 bits per heavy atom. The molecule has 1 aromatic heterocycles. The maximum absolute atomic E-state index is 12.0. The van der Waals surface area contributed by atoms with Crippen molar-refractivity contribution in [3.63, 3.8) is 0 Å². The third-order valence-corrected chi connectivity index (χ3v) is 3.11. The van der Waals surface area contributed by atoms with E-state index in [0.717, 1.165) is 6.42 Å². The smallest absolute Gasteiger partial charge is 0.244 e. The van der Waals surface area contributed by atoms with Gasteiger partial charge in [0.05, 0.1) is 0 Å². The fourth-order valence-corrected chi connectivity index (χ4v) is 1.28. The highest BCUT2D eigenvalue weighted by atomic mass is 16.2. The molecule has 0 aliphatic carbocycles. The van der Waals surface area contributed by atoms with Gasteiger partial charge in [0.15, 0.2) is 0 Å². The van der Waals surface area contributed by atoms with Crippen LogP contribution in [0.3, 0.4) is 0 Å². The summed E-state index contributed by atoms with van der Waals surface area (Å²) in [4.78, 5) is 13.7. The van der Waals surface area contributed by atoms with Gasteiger partial charge < -0.3 is 10.6 Å². The van der Waals surface area contributed by atoms with Crippen LogP contribution in [0.15, 0.2) is 12.3 Å². The zero-order chi connectivity index (χ0) is 12.3. The fraction of sp³-hybridized carbons (Fsp3) is 0.636. The fourth-order valence-electron chi connectivity index (χ4n) is 1.28. The summed E-state index contributed by atoms with van der Waals surface area (Å²) in [5.74, 6) is 0.472. The molecule has 1 amide bonds. The maximum atomic E-state index is 12.0. The number of anilines is 1.